The van der Waals surface area contributed by atoms with Crippen molar-refractivity contribution < 1.29 is 0 Å². The van der Waals surface area contributed by atoms with Gasteiger partial charge in [0.25, 0.3) is 0 Å². The lowest BCUT2D eigenvalue weighted by molar-refractivity contribution is 0.353. The molecule has 0 unspecified atom stereocenters. The maximum Gasteiger partial charge on any atom is 0.160 e. The molecule has 2 aromatic heterocycles. The first kappa shape index (κ1) is 26.2. The summed E-state index contributed by atoms with van der Waals surface area (Å²) in [6.45, 7) is 0. The molecule has 2 aliphatic carbocycles. The molecule has 2 aliphatic rings. The molecule has 1 spiro atoms. The first-order valence-electron chi connectivity index (χ1n) is 15.4. The number of aromatic nitrogens is 3. The van der Waals surface area contributed by atoms with Gasteiger partial charge < -0.3 is 0 Å². The third-order valence-corrected chi connectivity index (χ3v) is 9.43. The predicted octanol–water partition coefficient (Wildman–Crippen LogP) is 9.64. The molecule has 0 saturated heterocycles. The molecule has 0 atom stereocenters. The van der Waals surface area contributed by atoms with Crippen LogP contribution in [0.2, 0.25) is 0 Å². The molecule has 0 radical (unpaired) electrons. The molecule has 0 bridgehead atoms. The Bertz CT molecular complexity index is 2030. The highest BCUT2D eigenvalue weighted by Gasteiger charge is 2.44. The van der Waals surface area contributed by atoms with Gasteiger partial charge in [0.1, 0.15) is 0 Å². The van der Waals surface area contributed by atoms with Gasteiger partial charge in [-0.05, 0) is 70.5 Å². The Labute approximate surface area is 257 Å². The topological polar surface area (TPSA) is 62.5 Å². The van der Waals surface area contributed by atoms with E-state index in [-0.39, 0.29) is 5.41 Å². The summed E-state index contributed by atoms with van der Waals surface area (Å²) in [6.07, 6.45) is 9.56. The van der Waals surface area contributed by atoms with Gasteiger partial charge in [-0.1, -0.05) is 104 Å². The van der Waals surface area contributed by atoms with Gasteiger partial charge in [-0.3, -0.25) is 4.98 Å². The maximum absolute atomic E-state index is 9.79. The van der Waals surface area contributed by atoms with Crippen molar-refractivity contribution >= 4 is 0 Å². The molecule has 210 valence electrons. The summed E-state index contributed by atoms with van der Waals surface area (Å²) in [7, 11) is 0. The summed E-state index contributed by atoms with van der Waals surface area (Å²) in [5, 5.41) is 9.79. The largest absolute Gasteiger partial charge is 0.264 e. The minimum Gasteiger partial charge on any atom is -0.264 e. The normalized spacial score (nSPS) is 14.5. The summed E-state index contributed by atoms with van der Waals surface area (Å²) >= 11 is 0. The summed E-state index contributed by atoms with van der Waals surface area (Å²) < 4.78 is 0. The number of nitriles is 1. The Balaban J connectivity index is 1.32. The number of benzene rings is 4. The fourth-order valence-electron chi connectivity index (χ4n) is 7.34. The molecule has 0 aliphatic heterocycles. The summed E-state index contributed by atoms with van der Waals surface area (Å²) in [5.41, 5.74) is 13.0. The van der Waals surface area contributed by atoms with Gasteiger partial charge in [-0.25, -0.2) is 9.97 Å². The predicted molar refractivity (Wildman–Crippen MR) is 176 cm³/mol. The minimum absolute atomic E-state index is 0.0496. The van der Waals surface area contributed by atoms with E-state index in [2.05, 4.69) is 89.9 Å². The number of fused-ring (bicyclic) bond motifs is 5. The Morgan fingerprint density at radius 1 is 0.591 bits per heavy atom. The van der Waals surface area contributed by atoms with Crippen LogP contribution in [0.3, 0.4) is 0 Å². The van der Waals surface area contributed by atoms with Crippen molar-refractivity contribution in [3.05, 3.63) is 138 Å². The molecule has 2 heterocycles. The number of nitrogens with zero attached hydrogens (tertiary/aromatic N) is 4. The second-order valence-electron chi connectivity index (χ2n) is 11.9. The van der Waals surface area contributed by atoms with Crippen LogP contribution < -0.4 is 0 Å². The van der Waals surface area contributed by atoms with Crippen LogP contribution in [0.4, 0.5) is 0 Å². The Hall–Kier alpha value is -5.40. The summed E-state index contributed by atoms with van der Waals surface area (Å²) in [4.78, 5) is 14.6. The van der Waals surface area contributed by atoms with Gasteiger partial charge in [0.15, 0.2) is 5.82 Å². The molecule has 4 nitrogen and oxygen atoms in total. The van der Waals surface area contributed by atoms with E-state index >= 15 is 0 Å². The van der Waals surface area contributed by atoms with E-state index < -0.39 is 0 Å². The number of pyridine rings is 1. The Morgan fingerprint density at radius 2 is 1.36 bits per heavy atom. The summed E-state index contributed by atoms with van der Waals surface area (Å²) in [5.74, 6) is 0.706. The highest BCUT2D eigenvalue weighted by Crippen LogP contribution is 2.58. The van der Waals surface area contributed by atoms with Crippen molar-refractivity contribution in [2.24, 2.45) is 0 Å². The number of rotatable bonds is 4. The maximum atomic E-state index is 9.79. The monoisotopic (exact) mass is 566 g/mol. The third-order valence-electron chi connectivity index (χ3n) is 9.43. The second kappa shape index (κ2) is 10.7. The van der Waals surface area contributed by atoms with Crippen LogP contribution in [0.1, 0.15) is 48.8 Å². The van der Waals surface area contributed by atoms with Crippen LogP contribution in [-0.2, 0) is 5.41 Å². The van der Waals surface area contributed by atoms with Crippen LogP contribution in [0, 0.1) is 11.3 Å². The van der Waals surface area contributed by atoms with Gasteiger partial charge in [0, 0.05) is 34.5 Å². The Kier molecular flexibility index (Phi) is 6.38. The molecule has 0 amide bonds. The molecule has 0 N–H and O–H groups in total. The lowest BCUT2D eigenvalue weighted by atomic mass is 9.67. The van der Waals surface area contributed by atoms with E-state index in [1.165, 1.54) is 41.5 Å². The zero-order valence-corrected chi connectivity index (χ0v) is 24.4. The zero-order valence-electron chi connectivity index (χ0n) is 24.4. The van der Waals surface area contributed by atoms with Crippen LogP contribution in [0.25, 0.3) is 56.2 Å². The van der Waals surface area contributed by atoms with E-state index in [0.717, 1.165) is 57.6 Å². The lowest BCUT2D eigenvalue weighted by Gasteiger charge is -2.36. The standard InChI is InChI=1S/C40H30N4/c41-25-27-14-19-32-35(23-27)40(20-5-2-6-21-40)34-13-7-12-33(38(32)34)37-24-36(43-39(44-37)30-9-3-1-4-10-30)29-17-15-28(16-18-29)31-11-8-22-42-26-31/h1,3-4,7-19,22-24,26H,2,5-6,20-21H2. The van der Waals surface area contributed by atoms with Crippen molar-refractivity contribution in [3.63, 3.8) is 0 Å². The van der Waals surface area contributed by atoms with Crippen LogP contribution in [0.5, 0.6) is 0 Å². The van der Waals surface area contributed by atoms with Crippen LogP contribution in [-0.4, -0.2) is 15.0 Å². The average Bonchev–Trinajstić information content (AvgIpc) is 3.37. The highest BCUT2D eigenvalue weighted by molar-refractivity contribution is 5.93. The molecular weight excluding hydrogens is 536 g/mol. The molecule has 4 aromatic carbocycles. The van der Waals surface area contributed by atoms with E-state index in [4.69, 9.17) is 9.97 Å². The van der Waals surface area contributed by atoms with Crippen molar-refractivity contribution in [1.82, 2.24) is 15.0 Å². The molecule has 8 rings (SSSR count). The zero-order chi connectivity index (χ0) is 29.5. The van der Waals surface area contributed by atoms with E-state index in [0.29, 0.717) is 5.82 Å². The van der Waals surface area contributed by atoms with E-state index in [9.17, 15) is 5.26 Å². The average molecular weight is 567 g/mol. The fourth-order valence-corrected chi connectivity index (χ4v) is 7.34. The molecule has 4 heteroatoms. The summed E-state index contributed by atoms with van der Waals surface area (Å²) in [6, 6.07) is 40.3. The smallest absolute Gasteiger partial charge is 0.160 e. The van der Waals surface area contributed by atoms with Crippen molar-refractivity contribution in [2.45, 2.75) is 37.5 Å². The SMILES string of the molecule is N#Cc1ccc2c(c1)C1(CCCCC1)c1cccc(-c3cc(-c4ccc(-c5cccnc5)cc4)nc(-c4ccccc4)n3)c1-2. The van der Waals surface area contributed by atoms with Gasteiger partial charge in [0.05, 0.1) is 23.0 Å². The van der Waals surface area contributed by atoms with Crippen molar-refractivity contribution in [1.29, 1.82) is 5.26 Å². The quantitative estimate of drug-likeness (QED) is 0.213. The van der Waals surface area contributed by atoms with Gasteiger partial charge in [0.2, 0.25) is 0 Å². The van der Waals surface area contributed by atoms with E-state index in [1.54, 1.807) is 6.20 Å². The van der Waals surface area contributed by atoms with Gasteiger partial charge >= 0.3 is 0 Å². The number of hydrogen-bond acceptors (Lipinski definition) is 4. The molecule has 6 aromatic rings. The van der Waals surface area contributed by atoms with E-state index in [1.807, 2.05) is 36.5 Å². The van der Waals surface area contributed by atoms with Gasteiger partial charge in [-0.15, -0.1) is 0 Å². The molecule has 44 heavy (non-hydrogen) atoms. The minimum atomic E-state index is -0.0496. The molecular formula is C40H30N4. The number of hydrogen-bond donors (Lipinski definition) is 0. The van der Waals surface area contributed by atoms with Crippen molar-refractivity contribution in [2.75, 3.05) is 0 Å². The molecule has 1 fully saturated rings. The lowest BCUT2D eigenvalue weighted by Crippen LogP contribution is -2.28. The van der Waals surface area contributed by atoms with Gasteiger partial charge in [-0.2, -0.15) is 5.26 Å². The third kappa shape index (κ3) is 4.32. The first-order valence-corrected chi connectivity index (χ1v) is 15.4. The first-order chi connectivity index (χ1) is 21.7. The fraction of sp³-hybridized carbons (Fsp3) is 0.150. The molecule has 1 saturated carbocycles. The van der Waals surface area contributed by atoms with Crippen LogP contribution >= 0.6 is 0 Å². The second-order valence-corrected chi connectivity index (χ2v) is 11.9. The highest BCUT2D eigenvalue weighted by atomic mass is 14.9. The Morgan fingerprint density at radius 3 is 2.14 bits per heavy atom. The van der Waals surface area contributed by atoms with Crippen molar-refractivity contribution in [3.8, 4) is 62.2 Å². The van der Waals surface area contributed by atoms with Crippen LogP contribution in [0.15, 0.2) is 122 Å².